The zero-order valence-corrected chi connectivity index (χ0v) is 14.7. The number of fused-ring (bicyclic) bond motifs is 1. The minimum atomic E-state index is 0.00633. The van der Waals surface area contributed by atoms with Crippen LogP contribution < -0.4 is 15.5 Å². The van der Waals surface area contributed by atoms with Crippen LogP contribution in [0.4, 0.5) is 10.7 Å². The molecule has 25 heavy (non-hydrogen) atoms. The molecule has 4 rings (SSSR count). The molecule has 3 fully saturated rings. The average molecular weight is 344 g/mol. The highest BCUT2D eigenvalue weighted by molar-refractivity contribution is 5.74. The second kappa shape index (κ2) is 7.56. The van der Waals surface area contributed by atoms with Gasteiger partial charge in [0, 0.05) is 50.2 Å². The number of carbonyl (C=O) groups is 1. The van der Waals surface area contributed by atoms with E-state index >= 15 is 0 Å². The Morgan fingerprint density at radius 1 is 0.960 bits per heavy atom. The van der Waals surface area contributed by atoms with Crippen LogP contribution in [0.3, 0.4) is 0 Å². The van der Waals surface area contributed by atoms with Gasteiger partial charge in [-0.2, -0.15) is 0 Å². The van der Waals surface area contributed by atoms with Crippen LogP contribution in [0.5, 0.6) is 0 Å². The van der Waals surface area contributed by atoms with Gasteiger partial charge in [0.15, 0.2) is 0 Å². The van der Waals surface area contributed by atoms with Crippen molar-refractivity contribution in [1.29, 1.82) is 0 Å². The maximum atomic E-state index is 12.4. The van der Waals surface area contributed by atoms with Crippen molar-refractivity contribution in [2.45, 2.75) is 56.7 Å². The Morgan fingerprint density at radius 2 is 1.76 bits per heavy atom. The van der Waals surface area contributed by atoms with Gasteiger partial charge in [-0.25, -0.2) is 14.8 Å². The first kappa shape index (κ1) is 16.6. The topological polar surface area (TPSA) is 73.4 Å². The van der Waals surface area contributed by atoms with Crippen molar-refractivity contribution in [2.24, 2.45) is 0 Å². The highest BCUT2D eigenvalue weighted by Crippen LogP contribution is 2.27. The van der Waals surface area contributed by atoms with Crippen molar-refractivity contribution in [2.75, 3.05) is 31.1 Å². The third kappa shape index (κ3) is 3.86. The second-order valence-corrected chi connectivity index (χ2v) is 7.42. The minimum Gasteiger partial charge on any atom is -0.341 e. The summed E-state index contributed by atoms with van der Waals surface area (Å²) in [7, 11) is 0. The Morgan fingerprint density at radius 3 is 2.56 bits per heavy atom. The summed E-state index contributed by atoms with van der Waals surface area (Å²) in [5.41, 5.74) is 0. The molecule has 0 unspecified atom stereocenters. The summed E-state index contributed by atoms with van der Waals surface area (Å²) >= 11 is 0. The molecule has 0 radical (unpaired) electrons. The van der Waals surface area contributed by atoms with E-state index in [2.05, 4.69) is 30.4 Å². The number of carbonyl (C=O) groups excluding carboxylic acids is 1. The SMILES string of the molecule is O=C(NC1CCN(c2ncccn2)CC1)N[C@H]1CCN2CCCC[C@@H]12. The van der Waals surface area contributed by atoms with Crippen LogP contribution >= 0.6 is 0 Å². The van der Waals surface area contributed by atoms with Crippen LogP contribution in [-0.4, -0.2) is 65.2 Å². The molecule has 2 N–H and O–H groups in total. The predicted octanol–water partition coefficient (Wildman–Crippen LogP) is 1.37. The molecule has 4 heterocycles. The van der Waals surface area contributed by atoms with Crippen molar-refractivity contribution in [1.82, 2.24) is 25.5 Å². The standard InChI is InChI=1S/C18H28N6O/c25-18(22-15-7-13-23-10-2-1-4-16(15)23)21-14-5-11-24(12-6-14)17-19-8-3-9-20-17/h3,8-9,14-16H,1-2,4-7,10-13H2,(H2,21,22,25)/t15-,16-/m0/s1. The molecule has 2 atom stereocenters. The first-order valence-corrected chi connectivity index (χ1v) is 9.62. The highest BCUT2D eigenvalue weighted by Gasteiger charge is 2.36. The van der Waals surface area contributed by atoms with E-state index in [1.54, 1.807) is 12.4 Å². The van der Waals surface area contributed by atoms with Crippen LogP contribution in [0, 0.1) is 0 Å². The number of anilines is 1. The van der Waals surface area contributed by atoms with Gasteiger partial charge in [-0.15, -0.1) is 0 Å². The number of nitrogens with zero attached hydrogens (tertiary/aromatic N) is 4. The van der Waals surface area contributed by atoms with Crippen LogP contribution in [0.1, 0.15) is 38.5 Å². The van der Waals surface area contributed by atoms with E-state index in [1.807, 2.05) is 6.07 Å². The van der Waals surface area contributed by atoms with E-state index in [4.69, 9.17) is 0 Å². The Balaban J connectivity index is 1.23. The fourth-order valence-corrected chi connectivity index (χ4v) is 4.49. The molecule has 1 aromatic heterocycles. The van der Waals surface area contributed by atoms with Gasteiger partial charge < -0.3 is 15.5 Å². The molecule has 0 aliphatic carbocycles. The molecular weight excluding hydrogens is 316 g/mol. The van der Waals surface area contributed by atoms with Gasteiger partial charge in [0.25, 0.3) is 0 Å². The monoisotopic (exact) mass is 344 g/mol. The van der Waals surface area contributed by atoms with E-state index in [-0.39, 0.29) is 12.1 Å². The second-order valence-electron chi connectivity index (χ2n) is 7.42. The lowest BCUT2D eigenvalue weighted by Crippen LogP contribution is -2.53. The number of amides is 2. The van der Waals surface area contributed by atoms with Gasteiger partial charge in [-0.05, 0) is 44.7 Å². The number of aromatic nitrogens is 2. The summed E-state index contributed by atoms with van der Waals surface area (Å²) in [5, 5.41) is 6.42. The van der Waals surface area contributed by atoms with Gasteiger partial charge in [-0.1, -0.05) is 6.42 Å². The summed E-state index contributed by atoms with van der Waals surface area (Å²) in [6, 6.07) is 2.95. The highest BCUT2D eigenvalue weighted by atomic mass is 16.2. The van der Waals surface area contributed by atoms with Gasteiger partial charge in [0.1, 0.15) is 0 Å². The fraction of sp³-hybridized carbons (Fsp3) is 0.722. The zero-order chi connectivity index (χ0) is 17.1. The summed E-state index contributed by atoms with van der Waals surface area (Å²) < 4.78 is 0. The molecule has 0 saturated carbocycles. The first-order valence-electron chi connectivity index (χ1n) is 9.62. The summed E-state index contributed by atoms with van der Waals surface area (Å²) in [5.74, 6) is 0.786. The molecule has 1 aromatic rings. The molecule has 0 bridgehead atoms. The van der Waals surface area contributed by atoms with Crippen molar-refractivity contribution >= 4 is 12.0 Å². The number of nitrogens with one attached hydrogen (secondary N) is 2. The normalized spacial score (nSPS) is 27.8. The van der Waals surface area contributed by atoms with E-state index in [0.29, 0.717) is 12.1 Å². The molecule has 2 amide bonds. The molecule has 7 heteroatoms. The minimum absolute atomic E-state index is 0.00633. The summed E-state index contributed by atoms with van der Waals surface area (Å²) in [4.78, 5) is 25.8. The van der Waals surface area contributed by atoms with Crippen LogP contribution in [0.2, 0.25) is 0 Å². The van der Waals surface area contributed by atoms with Crippen LogP contribution in [-0.2, 0) is 0 Å². The van der Waals surface area contributed by atoms with Crippen LogP contribution in [0.15, 0.2) is 18.5 Å². The van der Waals surface area contributed by atoms with Crippen molar-refractivity contribution < 1.29 is 4.79 Å². The van der Waals surface area contributed by atoms with E-state index in [9.17, 15) is 4.79 Å². The Labute approximate surface area is 149 Å². The van der Waals surface area contributed by atoms with Crippen LogP contribution in [0.25, 0.3) is 0 Å². The zero-order valence-electron chi connectivity index (χ0n) is 14.7. The number of hydrogen-bond acceptors (Lipinski definition) is 5. The maximum Gasteiger partial charge on any atom is 0.315 e. The smallest absolute Gasteiger partial charge is 0.315 e. The predicted molar refractivity (Wildman–Crippen MR) is 96.6 cm³/mol. The molecular formula is C18H28N6O. The van der Waals surface area contributed by atoms with Crippen molar-refractivity contribution in [3.05, 3.63) is 18.5 Å². The molecule has 0 spiro atoms. The van der Waals surface area contributed by atoms with E-state index < -0.39 is 0 Å². The molecule has 3 aliphatic rings. The number of piperidine rings is 2. The maximum absolute atomic E-state index is 12.4. The van der Waals surface area contributed by atoms with Gasteiger partial charge >= 0.3 is 6.03 Å². The lowest BCUT2D eigenvalue weighted by molar-refractivity contribution is 0.178. The number of hydrogen-bond donors (Lipinski definition) is 2. The lowest BCUT2D eigenvalue weighted by atomic mass is 9.99. The van der Waals surface area contributed by atoms with E-state index in [0.717, 1.165) is 44.8 Å². The van der Waals surface area contributed by atoms with Gasteiger partial charge in [0.2, 0.25) is 5.95 Å². The molecule has 7 nitrogen and oxygen atoms in total. The quantitative estimate of drug-likeness (QED) is 0.866. The first-order chi connectivity index (χ1) is 12.3. The molecule has 136 valence electrons. The molecule has 3 saturated heterocycles. The Bertz CT molecular complexity index is 574. The largest absolute Gasteiger partial charge is 0.341 e. The summed E-state index contributed by atoms with van der Waals surface area (Å²) in [6.07, 6.45) is 10.3. The third-order valence-electron chi connectivity index (χ3n) is 5.84. The number of rotatable bonds is 3. The Hall–Kier alpha value is -1.89. The number of urea groups is 1. The summed E-state index contributed by atoms with van der Waals surface area (Å²) in [6.45, 7) is 4.10. The van der Waals surface area contributed by atoms with Crippen molar-refractivity contribution in [3.63, 3.8) is 0 Å². The fourth-order valence-electron chi connectivity index (χ4n) is 4.49. The third-order valence-corrected chi connectivity index (χ3v) is 5.84. The van der Waals surface area contributed by atoms with Gasteiger partial charge in [0.05, 0.1) is 0 Å². The average Bonchev–Trinajstić information content (AvgIpc) is 3.06. The molecule has 0 aromatic carbocycles. The van der Waals surface area contributed by atoms with Crippen molar-refractivity contribution in [3.8, 4) is 0 Å². The van der Waals surface area contributed by atoms with Gasteiger partial charge in [-0.3, -0.25) is 4.90 Å². The lowest BCUT2D eigenvalue weighted by Gasteiger charge is -2.34. The van der Waals surface area contributed by atoms with E-state index in [1.165, 1.54) is 25.8 Å². The molecule has 3 aliphatic heterocycles. The Kier molecular flexibility index (Phi) is 5.01.